The highest BCUT2D eigenvalue weighted by Crippen LogP contribution is 2.17. The van der Waals surface area contributed by atoms with Crippen LogP contribution in [0.1, 0.15) is 19.4 Å². The summed E-state index contributed by atoms with van der Waals surface area (Å²) in [4.78, 5) is 16.0. The lowest BCUT2D eigenvalue weighted by Crippen LogP contribution is -2.09. The predicted octanol–water partition coefficient (Wildman–Crippen LogP) is 3.52. The van der Waals surface area contributed by atoms with Crippen molar-refractivity contribution in [1.29, 1.82) is 0 Å². The molecule has 0 saturated heterocycles. The van der Waals surface area contributed by atoms with Gasteiger partial charge in [0.05, 0.1) is 5.69 Å². The molecular weight excluding hydrogens is 222 g/mol. The standard InChI is InChI=1S/C16H17NO/c1-12(2)16(18)11-13-6-8-14(9-7-13)15-5-3-4-10-17-15/h3-10,12H,11H2,1-2H3. The van der Waals surface area contributed by atoms with E-state index in [1.54, 1.807) is 6.20 Å². The lowest BCUT2D eigenvalue weighted by molar-refractivity contribution is -0.121. The first-order chi connectivity index (χ1) is 8.66. The number of aromatic nitrogens is 1. The van der Waals surface area contributed by atoms with Crippen molar-refractivity contribution in [3.8, 4) is 11.3 Å². The van der Waals surface area contributed by atoms with Crippen molar-refractivity contribution in [3.63, 3.8) is 0 Å². The second-order valence-electron chi connectivity index (χ2n) is 4.71. The zero-order valence-corrected chi connectivity index (χ0v) is 10.8. The summed E-state index contributed by atoms with van der Waals surface area (Å²) in [7, 11) is 0. The summed E-state index contributed by atoms with van der Waals surface area (Å²) in [5.41, 5.74) is 3.10. The van der Waals surface area contributed by atoms with Crippen LogP contribution in [0.2, 0.25) is 0 Å². The zero-order valence-electron chi connectivity index (χ0n) is 10.8. The van der Waals surface area contributed by atoms with E-state index in [1.807, 2.05) is 56.3 Å². The van der Waals surface area contributed by atoms with Crippen LogP contribution in [0.25, 0.3) is 11.3 Å². The second-order valence-corrected chi connectivity index (χ2v) is 4.71. The minimum atomic E-state index is 0.0977. The van der Waals surface area contributed by atoms with Crippen LogP contribution in [0.5, 0.6) is 0 Å². The number of carbonyl (C=O) groups excluding carboxylic acids is 1. The summed E-state index contributed by atoms with van der Waals surface area (Å²) in [6.45, 7) is 3.87. The lowest BCUT2D eigenvalue weighted by Gasteiger charge is -2.05. The summed E-state index contributed by atoms with van der Waals surface area (Å²) in [5.74, 6) is 0.376. The number of rotatable bonds is 4. The molecule has 0 fully saturated rings. The monoisotopic (exact) mass is 239 g/mol. The summed E-state index contributed by atoms with van der Waals surface area (Å²) in [6.07, 6.45) is 2.30. The molecule has 2 heteroatoms. The van der Waals surface area contributed by atoms with Crippen LogP contribution in [-0.2, 0) is 11.2 Å². The molecule has 1 aromatic heterocycles. The Morgan fingerprint density at radius 1 is 1.11 bits per heavy atom. The van der Waals surface area contributed by atoms with Gasteiger partial charge in [-0.25, -0.2) is 0 Å². The van der Waals surface area contributed by atoms with Crippen molar-refractivity contribution in [2.75, 3.05) is 0 Å². The molecule has 0 radical (unpaired) electrons. The van der Waals surface area contributed by atoms with E-state index in [1.165, 1.54) is 0 Å². The topological polar surface area (TPSA) is 30.0 Å². The van der Waals surface area contributed by atoms with Gasteiger partial charge in [0.1, 0.15) is 5.78 Å². The molecule has 0 atom stereocenters. The van der Waals surface area contributed by atoms with Gasteiger partial charge in [-0.15, -0.1) is 0 Å². The summed E-state index contributed by atoms with van der Waals surface area (Å²) >= 11 is 0. The highest BCUT2D eigenvalue weighted by molar-refractivity contribution is 5.82. The molecule has 0 N–H and O–H groups in total. The molecular formula is C16H17NO. The Hall–Kier alpha value is -1.96. The molecule has 0 amide bonds. The Kier molecular flexibility index (Phi) is 3.88. The predicted molar refractivity (Wildman–Crippen MR) is 73.2 cm³/mol. The van der Waals surface area contributed by atoms with Crippen molar-refractivity contribution in [1.82, 2.24) is 4.98 Å². The van der Waals surface area contributed by atoms with Crippen LogP contribution in [0, 0.1) is 5.92 Å². The van der Waals surface area contributed by atoms with Crippen LogP contribution in [0.4, 0.5) is 0 Å². The third kappa shape index (κ3) is 3.04. The maximum atomic E-state index is 11.7. The van der Waals surface area contributed by atoms with Gasteiger partial charge in [-0.1, -0.05) is 44.2 Å². The molecule has 0 aliphatic rings. The first-order valence-corrected chi connectivity index (χ1v) is 6.20. The highest BCUT2D eigenvalue weighted by atomic mass is 16.1. The van der Waals surface area contributed by atoms with E-state index in [4.69, 9.17) is 0 Å². The molecule has 2 nitrogen and oxygen atoms in total. The van der Waals surface area contributed by atoms with E-state index in [-0.39, 0.29) is 11.7 Å². The molecule has 2 rings (SSSR count). The molecule has 0 saturated carbocycles. The summed E-state index contributed by atoms with van der Waals surface area (Å²) in [5, 5.41) is 0. The van der Waals surface area contributed by atoms with E-state index >= 15 is 0 Å². The fourth-order valence-electron chi connectivity index (χ4n) is 1.73. The number of carbonyl (C=O) groups is 1. The van der Waals surface area contributed by atoms with Crippen molar-refractivity contribution < 1.29 is 4.79 Å². The normalized spacial score (nSPS) is 10.6. The number of Topliss-reactive ketones (excluding diaryl/α,β-unsaturated/α-hetero) is 1. The van der Waals surface area contributed by atoms with Gasteiger partial charge in [0, 0.05) is 24.1 Å². The number of benzene rings is 1. The van der Waals surface area contributed by atoms with Crippen LogP contribution < -0.4 is 0 Å². The molecule has 0 bridgehead atoms. The first kappa shape index (κ1) is 12.5. The van der Waals surface area contributed by atoms with Gasteiger partial charge in [-0.2, -0.15) is 0 Å². The smallest absolute Gasteiger partial charge is 0.139 e. The zero-order chi connectivity index (χ0) is 13.0. The number of pyridine rings is 1. The molecule has 18 heavy (non-hydrogen) atoms. The second kappa shape index (κ2) is 5.58. The average molecular weight is 239 g/mol. The largest absolute Gasteiger partial charge is 0.299 e. The average Bonchev–Trinajstić information content (AvgIpc) is 2.40. The van der Waals surface area contributed by atoms with Crippen molar-refractivity contribution in [3.05, 3.63) is 54.2 Å². The van der Waals surface area contributed by atoms with Crippen molar-refractivity contribution in [2.24, 2.45) is 5.92 Å². The summed E-state index contributed by atoms with van der Waals surface area (Å²) < 4.78 is 0. The molecule has 1 aromatic carbocycles. The number of hydrogen-bond acceptors (Lipinski definition) is 2. The Morgan fingerprint density at radius 2 is 1.83 bits per heavy atom. The van der Waals surface area contributed by atoms with Gasteiger partial charge in [0.15, 0.2) is 0 Å². The molecule has 92 valence electrons. The number of nitrogens with zero attached hydrogens (tertiary/aromatic N) is 1. The number of ketones is 1. The Labute approximate surface area is 108 Å². The number of hydrogen-bond donors (Lipinski definition) is 0. The first-order valence-electron chi connectivity index (χ1n) is 6.20. The van der Waals surface area contributed by atoms with Crippen molar-refractivity contribution >= 4 is 5.78 Å². The van der Waals surface area contributed by atoms with E-state index < -0.39 is 0 Å². The van der Waals surface area contributed by atoms with E-state index in [0.29, 0.717) is 6.42 Å². The summed E-state index contributed by atoms with van der Waals surface area (Å²) in [6, 6.07) is 13.9. The van der Waals surface area contributed by atoms with E-state index in [0.717, 1.165) is 16.8 Å². The third-order valence-electron chi connectivity index (χ3n) is 2.94. The molecule has 0 aliphatic carbocycles. The molecule has 0 aliphatic heterocycles. The molecule has 2 aromatic rings. The van der Waals surface area contributed by atoms with Crippen LogP contribution in [0.3, 0.4) is 0 Å². The maximum absolute atomic E-state index is 11.7. The Morgan fingerprint density at radius 3 is 2.39 bits per heavy atom. The molecule has 0 spiro atoms. The van der Waals surface area contributed by atoms with Gasteiger partial charge in [-0.05, 0) is 17.7 Å². The quantitative estimate of drug-likeness (QED) is 0.817. The SMILES string of the molecule is CC(C)C(=O)Cc1ccc(-c2ccccn2)cc1. The van der Waals surface area contributed by atoms with Crippen LogP contribution in [-0.4, -0.2) is 10.8 Å². The Balaban J connectivity index is 2.13. The molecule has 1 heterocycles. The maximum Gasteiger partial charge on any atom is 0.139 e. The van der Waals surface area contributed by atoms with Gasteiger partial charge in [0.25, 0.3) is 0 Å². The van der Waals surface area contributed by atoms with E-state index in [9.17, 15) is 4.79 Å². The van der Waals surface area contributed by atoms with Crippen LogP contribution >= 0.6 is 0 Å². The van der Waals surface area contributed by atoms with Gasteiger partial charge in [0.2, 0.25) is 0 Å². The minimum absolute atomic E-state index is 0.0977. The van der Waals surface area contributed by atoms with E-state index in [2.05, 4.69) is 4.98 Å². The highest BCUT2D eigenvalue weighted by Gasteiger charge is 2.08. The minimum Gasteiger partial charge on any atom is -0.299 e. The Bertz CT molecular complexity index is 515. The lowest BCUT2D eigenvalue weighted by atomic mass is 10.00. The third-order valence-corrected chi connectivity index (χ3v) is 2.94. The van der Waals surface area contributed by atoms with Gasteiger partial charge >= 0.3 is 0 Å². The van der Waals surface area contributed by atoms with Gasteiger partial charge in [-0.3, -0.25) is 9.78 Å². The molecule has 0 unspecified atom stereocenters. The van der Waals surface area contributed by atoms with Gasteiger partial charge < -0.3 is 0 Å². The fraction of sp³-hybridized carbons (Fsp3) is 0.250. The fourth-order valence-corrected chi connectivity index (χ4v) is 1.73. The van der Waals surface area contributed by atoms with Crippen molar-refractivity contribution in [2.45, 2.75) is 20.3 Å². The van der Waals surface area contributed by atoms with Crippen LogP contribution in [0.15, 0.2) is 48.7 Å².